The molecule has 0 N–H and O–H groups in total. The summed E-state index contributed by atoms with van der Waals surface area (Å²) in [6, 6.07) is 7.10. The summed E-state index contributed by atoms with van der Waals surface area (Å²) in [5, 5.41) is 0. The first-order valence-corrected chi connectivity index (χ1v) is 6.52. The molecule has 0 aromatic heterocycles. The van der Waals surface area contributed by atoms with E-state index in [4.69, 9.17) is 4.74 Å². The van der Waals surface area contributed by atoms with E-state index in [1.807, 2.05) is 6.07 Å². The van der Waals surface area contributed by atoms with Gasteiger partial charge in [0.15, 0.2) is 0 Å². The van der Waals surface area contributed by atoms with Crippen LogP contribution < -0.4 is 4.74 Å². The van der Waals surface area contributed by atoms with Crippen LogP contribution in [0.1, 0.15) is 24.8 Å². The maximum Gasteiger partial charge on any atom is 0.133 e. The fourth-order valence-corrected chi connectivity index (χ4v) is 2.64. The van der Waals surface area contributed by atoms with Gasteiger partial charge in [-0.2, -0.15) is 0 Å². The molecular formula is C13H18BrNO. The van der Waals surface area contributed by atoms with Crippen LogP contribution in [-0.4, -0.2) is 25.1 Å². The maximum atomic E-state index is 5.22. The molecule has 0 bridgehead atoms. The quantitative estimate of drug-likeness (QED) is 0.839. The molecule has 1 aliphatic rings. The minimum Gasteiger partial charge on any atom is -0.496 e. The Morgan fingerprint density at radius 1 is 1.44 bits per heavy atom. The van der Waals surface area contributed by atoms with E-state index in [1.165, 1.54) is 24.8 Å². The van der Waals surface area contributed by atoms with Crippen LogP contribution in [0.4, 0.5) is 0 Å². The first-order valence-electron chi connectivity index (χ1n) is 5.73. The van der Waals surface area contributed by atoms with Gasteiger partial charge >= 0.3 is 0 Å². The van der Waals surface area contributed by atoms with Gasteiger partial charge in [-0.1, -0.05) is 12.5 Å². The van der Waals surface area contributed by atoms with Crippen LogP contribution in [0, 0.1) is 0 Å². The molecule has 16 heavy (non-hydrogen) atoms. The zero-order valence-electron chi connectivity index (χ0n) is 9.87. The molecular weight excluding hydrogens is 266 g/mol. The van der Waals surface area contributed by atoms with E-state index in [0.717, 1.165) is 22.8 Å². The van der Waals surface area contributed by atoms with Crippen molar-refractivity contribution in [2.45, 2.75) is 31.8 Å². The second-order valence-corrected chi connectivity index (χ2v) is 5.32. The summed E-state index contributed by atoms with van der Waals surface area (Å²) in [5.41, 5.74) is 1.34. The molecule has 0 amide bonds. The van der Waals surface area contributed by atoms with Gasteiger partial charge in [-0.05, 0) is 53.5 Å². The highest BCUT2D eigenvalue weighted by atomic mass is 79.9. The Kier molecular flexibility index (Phi) is 3.87. The van der Waals surface area contributed by atoms with Crippen molar-refractivity contribution in [3.63, 3.8) is 0 Å². The number of ether oxygens (including phenoxy) is 1. The van der Waals surface area contributed by atoms with Gasteiger partial charge in [0.2, 0.25) is 0 Å². The Labute approximate surface area is 106 Å². The molecule has 1 aliphatic carbocycles. The lowest BCUT2D eigenvalue weighted by Gasteiger charge is -2.34. The van der Waals surface area contributed by atoms with Crippen LogP contribution >= 0.6 is 15.9 Å². The summed E-state index contributed by atoms with van der Waals surface area (Å²) in [5.74, 6) is 0.898. The lowest BCUT2D eigenvalue weighted by atomic mass is 9.91. The summed E-state index contributed by atoms with van der Waals surface area (Å²) in [6.07, 6.45) is 4.10. The molecule has 0 aliphatic heterocycles. The monoisotopic (exact) mass is 283 g/mol. The zero-order valence-corrected chi connectivity index (χ0v) is 11.5. The normalized spacial score (nSPS) is 16.2. The second kappa shape index (κ2) is 5.19. The number of hydrogen-bond acceptors (Lipinski definition) is 2. The summed E-state index contributed by atoms with van der Waals surface area (Å²) < 4.78 is 6.26. The molecule has 0 heterocycles. The highest BCUT2D eigenvalue weighted by Gasteiger charge is 2.21. The van der Waals surface area contributed by atoms with Gasteiger partial charge in [0.25, 0.3) is 0 Å². The summed E-state index contributed by atoms with van der Waals surface area (Å²) in [7, 11) is 3.90. The molecule has 0 radical (unpaired) electrons. The smallest absolute Gasteiger partial charge is 0.133 e. The Morgan fingerprint density at radius 2 is 2.19 bits per heavy atom. The average molecular weight is 284 g/mol. The third-order valence-corrected chi connectivity index (χ3v) is 3.97. The van der Waals surface area contributed by atoms with Crippen molar-refractivity contribution in [1.82, 2.24) is 4.90 Å². The molecule has 0 unspecified atom stereocenters. The highest BCUT2D eigenvalue weighted by molar-refractivity contribution is 9.10. The Hall–Kier alpha value is -0.540. The van der Waals surface area contributed by atoms with Crippen LogP contribution in [0.2, 0.25) is 0 Å². The van der Waals surface area contributed by atoms with Crippen molar-refractivity contribution in [3.05, 3.63) is 28.2 Å². The minimum atomic E-state index is 0.792. The van der Waals surface area contributed by atoms with E-state index in [-0.39, 0.29) is 0 Å². The van der Waals surface area contributed by atoms with Crippen molar-refractivity contribution < 1.29 is 4.74 Å². The summed E-state index contributed by atoms with van der Waals surface area (Å²) in [6.45, 7) is 1.02. The van der Waals surface area contributed by atoms with Crippen LogP contribution in [-0.2, 0) is 6.54 Å². The topological polar surface area (TPSA) is 12.5 Å². The first-order chi connectivity index (χ1) is 7.70. The fraction of sp³-hybridized carbons (Fsp3) is 0.538. The third-order valence-electron chi connectivity index (χ3n) is 3.35. The molecule has 0 atom stereocenters. The van der Waals surface area contributed by atoms with E-state index < -0.39 is 0 Å². The Bertz CT molecular complexity index is 363. The van der Waals surface area contributed by atoms with Gasteiger partial charge < -0.3 is 4.74 Å². The van der Waals surface area contributed by atoms with E-state index in [2.05, 4.69) is 40.0 Å². The SMILES string of the molecule is COc1ccc(CN(C)C2CCC2)cc1Br. The molecule has 2 nitrogen and oxygen atoms in total. The van der Waals surface area contributed by atoms with Crippen molar-refractivity contribution in [1.29, 1.82) is 0 Å². The van der Waals surface area contributed by atoms with Crippen LogP contribution in [0.5, 0.6) is 5.75 Å². The number of benzene rings is 1. The van der Waals surface area contributed by atoms with E-state index in [0.29, 0.717) is 0 Å². The highest BCUT2D eigenvalue weighted by Crippen LogP contribution is 2.28. The van der Waals surface area contributed by atoms with Crippen LogP contribution in [0.15, 0.2) is 22.7 Å². The van der Waals surface area contributed by atoms with Crippen molar-refractivity contribution in [2.24, 2.45) is 0 Å². The van der Waals surface area contributed by atoms with Gasteiger partial charge in [-0.25, -0.2) is 0 Å². The minimum absolute atomic E-state index is 0.792. The molecule has 1 fully saturated rings. The molecule has 2 rings (SSSR count). The predicted octanol–water partition coefficient (Wildman–Crippen LogP) is 3.44. The molecule has 0 spiro atoms. The molecule has 3 heteroatoms. The number of hydrogen-bond donors (Lipinski definition) is 0. The Morgan fingerprint density at radius 3 is 2.69 bits per heavy atom. The van der Waals surface area contributed by atoms with Crippen LogP contribution in [0.3, 0.4) is 0 Å². The van der Waals surface area contributed by atoms with E-state index >= 15 is 0 Å². The summed E-state index contributed by atoms with van der Waals surface area (Å²) in [4.78, 5) is 2.44. The molecule has 1 saturated carbocycles. The molecule has 0 saturated heterocycles. The summed E-state index contributed by atoms with van der Waals surface area (Å²) >= 11 is 3.52. The fourth-order valence-electron chi connectivity index (χ4n) is 2.05. The average Bonchev–Trinajstić information content (AvgIpc) is 2.15. The van der Waals surface area contributed by atoms with E-state index in [1.54, 1.807) is 7.11 Å². The van der Waals surface area contributed by atoms with Crippen molar-refractivity contribution in [2.75, 3.05) is 14.2 Å². The number of methoxy groups -OCH3 is 1. The van der Waals surface area contributed by atoms with Gasteiger partial charge in [-0.15, -0.1) is 0 Å². The lowest BCUT2D eigenvalue weighted by molar-refractivity contribution is 0.152. The predicted molar refractivity (Wildman–Crippen MR) is 69.8 cm³/mol. The van der Waals surface area contributed by atoms with Crippen molar-refractivity contribution >= 4 is 15.9 Å². The van der Waals surface area contributed by atoms with Gasteiger partial charge in [-0.3, -0.25) is 4.90 Å². The van der Waals surface area contributed by atoms with Gasteiger partial charge in [0.05, 0.1) is 11.6 Å². The molecule has 88 valence electrons. The standard InChI is InChI=1S/C13H18BrNO/c1-15(11-4-3-5-11)9-10-6-7-13(16-2)12(14)8-10/h6-8,11H,3-5,9H2,1-2H3. The number of nitrogens with zero attached hydrogens (tertiary/aromatic N) is 1. The number of halogens is 1. The van der Waals surface area contributed by atoms with Gasteiger partial charge in [0, 0.05) is 12.6 Å². The first kappa shape index (κ1) is 11.9. The third kappa shape index (κ3) is 2.58. The molecule has 1 aromatic rings. The number of rotatable bonds is 4. The largest absolute Gasteiger partial charge is 0.496 e. The second-order valence-electron chi connectivity index (χ2n) is 4.47. The van der Waals surface area contributed by atoms with Gasteiger partial charge in [0.1, 0.15) is 5.75 Å². The zero-order chi connectivity index (χ0) is 11.5. The van der Waals surface area contributed by atoms with Crippen LogP contribution in [0.25, 0.3) is 0 Å². The Balaban J connectivity index is 2.01. The molecule has 1 aromatic carbocycles. The van der Waals surface area contributed by atoms with Crippen molar-refractivity contribution in [3.8, 4) is 5.75 Å². The lowest BCUT2D eigenvalue weighted by Crippen LogP contribution is -2.36. The van der Waals surface area contributed by atoms with E-state index in [9.17, 15) is 0 Å². The maximum absolute atomic E-state index is 5.22.